The summed E-state index contributed by atoms with van der Waals surface area (Å²) in [6.07, 6.45) is 2.54. The fourth-order valence-electron chi connectivity index (χ4n) is 8.13. The monoisotopic (exact) mass is 645 g/mol. The molecular formula is C28H40FN3O13. The SMILES string of the molecule is C[C@]12C[C@H](O)C3(F)[C@@H](CCC4=CC(=O)C=C[C@@]43C)C1CCC2C(=O)COC(=O)C(CO)NC(=O)CC(CON(O)O)ON(O)O. The van der Waals surface area contributed by atoms with Gasteiger partial charge in [-0.3, -0.25) is 35.2 Å². The summed E-state index contributed by atoms with van der Waals surface area (Å²) in [6.45, 7) is 1.19. The van der Waals surface area contributed by atoms with Crippen molar-refractivity contribution in [3.05, 3.63) is 23.8 Å². The third-order valence-electron chi connectivity index (χ3n) is 10.2. The minimum absolute atomic E-state index is 0.00855. The van der Waals surface area contributed by atoms with Gasteiger partial charge in [-0.25, -0.2) is 18.9 Å². The van der Waals surface area contributed by atoms with E-state index in [0.717, 1.165) is 0 Å². The van der Waals surface area contributed by atoms with Gasteiger partial charge in [0.25, 0.3) is 0 Å². The van der Waals surface area contributed by atoms with Crippen LogP contribution in [0.5, 0.6) is 0 Å². The van der Waals surface area contributed by atoms with Gasteiger partial charge in [0.05, 0.1) is 29.9 Å². The largest absolute Gasteiger partial charge is 0.456 e. The third-order valence-corrected chi connectivity index (χ3v) is 10.2. The van der Waals surface area contributed by atoms with Gasteiger partial charge in [-0.2, -0.15) is 0 Å². The van der Waals surface area contributed by atoms with Crippen molar-refractivity contribution in [1.29, 1.82) is 0 Å². The number of alkyl halides is 1. The lowest BCUT2D eigenvalue weighted by molar-refractivity contribution is -0.526. The molecule has 0 bridgehead atoms. The van der Waals surface area contributed by atoms with Crippen molar-refractivity contribution in [2.75, 3.05) is 19.8 Å². The van der Waals surface area contributed by atoms with Crippen molar-refractivity contribution < 1.29 is 69.0 Å². The normalized spacial score (nSPS) is 35.3. The highest BCUT2D eigenvalue weighted by atomic mass is 19.1. The van der Waals surface area contributed by atoms with Crippen LogP contribution in [0.4, 0.5) is 4.39 Å². The number of halogens is 1. The zero-order chi connectivity index (χ0) is 33.3. The highest BCUT2D eigenvalue weighted by Crippen LogP contribution is 2.68. The average Bonchev–Trinajstić information content (AvgIpc) is 3.30. The summed E-state index contributed by atoms with van der Waals surface area (Å²) in [7, 11) is 0. The second-order valence-corrected chi connectivity index (χ2v) is 12.6. The van der Waals surface area contributed by atoms with Crippen molar-refractivity contribution in [2.45, 2.75) is 76.3 Å². The number of rotatable bonds is 13. The molecule has 1 amide bonds. The van der Waals surface area contributed by atoms with E-state index in [1.807, 2.05) is 6.92 Å². The van der Waals surface area contributed by atoms with Gasteiger partial charge in [-0.1, -0.05) is 18.6 Å². The van der Waals surface area contributed by atoms with Crippen LogP contribution in [0.15, 0.2) is 23.8 Å². The molecule has 17 heteroatoms. The molecule has 16 nitrogen and oxygen atoms in total. The van der Waals surface area contributed by atoms with Crippen molar-refractivity contribution >= 4 is 23.4 Å². The third kappa shape index (κ3) is 6.73. The topological polar surface area (TPSA) is 236 Å². The number of aliphatic hydroxyl groups excluding tert-OH is 2. The van der Waals surface area contributed by atoms with Crippen molar-refractivity contribution in [1.82, 2.24) is 16.1 Å². The second-order valence-electron chi connectivity index (χ2n) is 12.6. The van der Waals surface area contributed by atoms with Crippen LogP contribution in [0.25, 0.3) is 0 Å². The number of nitrogens with one attached hydrogen (secondary N) is 1. The Balaban J connectivity index is 1.37. The Morgan fingerprint density at radius 3 is 2.47 bits per heavy atom. The van der Waals surface area contributed by atoms with E-state index in [2.05, 4.69) is 15.0 Å². The number of hydrogen-bond donors (Lipinski definition) is 7. The molecule has 4 aliphatic rings. The summed E-state index contributed by atoms with van der Waals surface area (Å²) in [6, 6.07) is -1.62. The molecule has 3 fully saturated rings. The first-order valence-electron chi connectivity index (χ1n) is 14.6. The summed E-state index contributed by atoms with van der Waals surface area (Å²) in [4.78, 5) is 59.1. The van der Waals surface area contributed by atoms with Gasteiger partial charge in [-0.05, 0) is 62.5 Å². The molecule has 7 N–H and O–H groups in total. The van der Waals surface area contributed by atoms with E-state index in [4.69, 9.17) is 25.6 Å². The lowest BCUT2D eigenvalue weighted by Crippen LogP contribution is -2.66. The molecule has 0 heterocycles. The van der Waals surface area contributed by atoms with Crippen LogP contribution >= 0.6 is 0 Å². The van der Waals surface area contributed by atoms with Gasteiger partial charge in [0.15, 0.2) is 23.3 Å². The number of aliphatic hydroxyl groups is 2. The molecule has 0 spiro atoms. The summed E-state index contributed by atoms with van der Waals surface area (Å²) in [5.41, 5.74) is -3.32. The number of amides is 1. The maximum absolute atomic E-state index is 17.2. The van der Waals surface area contributed by atoms with Crippen LogP contribution in [-0.4, -0.2) is 109 Å². The lowest BCUT2D eigenvalue weighted by Gasteiger charge is -2.62. The van der Waals surface area contributed by atoms with E-state index < -0.39 is 101 Å². The Morgan fingerprint density at radius 1 is 1.11 bits per heavy atom. The molecule has 0 radical (unpaired) electrons. The minimum atomic E-state index is -2.03. The smallest absolute Gasteiger partial charge is 0.331 e. The van der Waals surface area contributed by atoms with E-state index in [9.17, 15) is 29.4 Å². The van der Waals surface area contributed by atoms with Crippen molar-refractivity contribution in [3.63, 3.8) is 0 Å². The molecule has 0 aromatic carbocycles. The molecule has 0 aliphatic heterocycles. The Bertz CT molecular complexity index is 1230. The Hall–Kier alpha value is -2.71. The maximum atomic E-state index is 17.2. The lowest BCUT2D eigenvalue weighted by atomic mass is 9.45. The van der Waals surface area contributed by atoms with Gasteiger partial charge in [-0.15, -0.1) is 0 Å². The molecule has 0 aromatic heterocycles. The average molecular weight is 646 g/mol. The first-order valence-corrected chi connectivity index (χ1v) is 14.6. The second kappa shape index (κ2) is 13.6. The summed E-state index contributed by atoms with van der Waals surface area (Å²) >= 11 is 0. The first kappa shape index (κ1) is 35.1. The van der Waals surface area contributed by atoms with E-state index in [1.165, 1.54) is 12.2 Å². The fourth-order valence-corrected chi connectivity index (χ4v) is 8.13. The Kier molecular flexibility index (Phi) is 10.6. The van der Waals surface area contributed by atoms with Gasteiger partial charge in [0.2, 0.25) is 5.91 Å². The molecule has 4 aliphatic carbocycles. The summed E-state index contributed by atoms with van der Waals surface area (Å²) < 4.78 is 22.3. The van der Waals surface area contributed by atoms with Gasteiger partial charge < -0.3 is 20.3 Å². The van der Waals surface area contributed by atoms with Crippen molar-refractivity contribution in [3.8, 4) is 0 Å². The minimum Gasteiger partial charge on any atom is -0.456 e. The molecule has 252 valence electrons. The molecule has 0 aromatic rings. The van der Waals surface area contributed by atoms with Crippen LogP contribution in [-0.2, 0) is 33.6 Å². The van der Waals surface area contributed by atoms with Crippen LogP contribution in [0.2, 0.25) is 0 Å². The van der Waals surface area contributed by atoms with Crippen LogP contribution in [0.1, 0.15) is 52.4 Å². The number of carbonyl (C=O) groups is 4. The van der Waals surface area contributed by atoms with Gasteiger partial charge in [0.1, 0.15) is 19.3 Å². The molecule has 4 rings (SSSR count). The number of esters is 1. The van der Waals surface area contributed by atoms with E-state index >= 15 is 4.39 Å². The number of nitrogens with zero attached hydrogens (tertiary/aromatic N) is 2. The molecule has 9 atom stereocenters. The summed E-state index contributed by atoms with van der Waals surface area (Å²) in [5.74, 6) is -4.24. The van der Waals surface area contributed by atoms with Crippen LogP contribution in [0, 0.1) is 28.6 Å². The summed E-state index contributed by atoms with van der Waals surface area (Å²) in [5, 5.41) is 56.6. The van der Waals surface area contributed by atoms with Crippen molar-refractivity contribution in [2.24, 2.45) is 28.6 Å². The quantitative estimate of drug-likeness (QED) is 0.106. The number of fused-ring (bicyclic) bond motifs is 5. The predicted molar refractivity (Wildman–Crippen MR) is 143 cm³/mol. The Labute approximate surface area is 257 Å². The van der Waals surface area contributed by atoms with Crippen LogP contribution < -0.4 is 5.32 Å². The fraction of sp³-hybridized carbons (Fsp3) is 0.714. The molecule has 5 unspecified atom stereocenters. The maximum Gasteiger partial charge on any atom is 0.331 e. The zero-order valence-electron chi connectivity index (χ0n) is 24.9. The highest BCUT2D eigenvalue weighted by molar-refractivity contribution is 6.01. The standard InChI is InChI=1S/C28H40FN3O13/c1-26-11-23(36)28(29)19(4-3-15-9-16(34)7-8-27(15,28)2)18(26)5-6-20(26)22(35)14-43-25(38)21(12-33)30-24(37)10-17(45-32(41)42)13-44-31(39)40/h7-9,17-21,23,33,36,39-42H,3-6,10-14H2,1-2H3,(H,30,37)/t17?,18?,19-,20?,21?,23-,26-,27-,28?/m0/s1. The van der Waals surface area contributed by atoms with Gasteiger partial charge in [0, 0.05) is 17.3 Å². The Morgan fingerprint density at radius 2 is 1.82 bits per heavy atom. The predicted octanol–water partition coefficient (Wildman–Crippen LogP) is 0.346. The van der Waals surface area contributed by atoms with E-state index in [0.29, 0.717) is 31.3 Å². The number of allylic oxidation sites excluding steroid dienone is 4. The number of ketones is 2. The molecular weight excluding hydrogens is 605 g/mol. The highest BCUT2D eigenvalue weighted by Gasteiger charge is 2.70. The molecule has 3 saturated carbocycles. The van der Waals surface area contributed by atoms with Gasteiger partial charge >= 0.3 is 5.97 Å². The number of Topliss-reactive ketones (excluding diaryl/α,β-unsaturated/α-hetero) is 1. The number of ether oxygens (including phenoxy) is 1. The number of hydrogen-bond acceptors (Lipinski definition) is 15. The van der Waals surface area contributed by atoms with E-state index in [1.54, 1.807) is 13.0 Å². The molecule has 0 saturated heterocycles. The zero-order valence-corrected chi connectivity index (χ0v) is 24.9. The van der Waals surface area contributed by atoms with E-state index in [-0.39, 0.29) is 18.1 Å². The molecule has 45 heavy (non-hydrogen) atoms. The van der Waals surface area contributed by atoms with Crippen LogP contribution in [0.3, 0.4) is 0 Å². The first-order chi connectivity index (χ1) is 21.1. The number of carbonyl (C=O) groups excluding carboxylic acids is 4.